The Labute approximate surface area is 383 Å². The summed E-state index contributed by atoms with van der Waals surface area (Å²) >= 11 is 0. The van der Waals surface area contributed by atoms with E-state index in [-0.39, 0.29) is 40.8 Å². The molecule has 6 heterocycles. The van der Waals surface area contributed by atoms with Crippen LogP contribution in [0.2, 0.25) is 0 Å². The maximum atomic E-state index is 11.9. The molecule has 68 heavy (non-hydrogen) atoms. The van der Waals surface area contributed by atoms with E-state index in [0.717, 1.165) is 5.56 Å². The van der Waals surface area contributed by atoms with Gasteiger partial charge in [-0.1, -0.05) is 57.5 Å². The van der Waals surface area contributed by atoms with Crippen LogP contribution in [0.5, 0.6) is 11.5 Å². The van der Waals surface area contributed by atoms with Crippen LogP contribution < -0.4 is 4.74 Å². The Balaban J connectivity index is 0.000000127. The lowest BCUT2D eigenvalue weighted by Crippen LogP contribution is -1.99. The molecule has 0 radical (unpaired) electrons. The second kappa shape index (κ2) is 16.3. The fraction of sp³-hybridized carbons (Fsp3) is 0.0192. The van der Waals surface area contributed by atoms with Crippen molar-refractivity contribution in [1.29, 1.82) is 0 Å². The fourth-order valence-electron chi connectivity index (χ4n) is 7.83. The molecule has 0 amide bonds. The largest absolute Gasteiger partial charge is 0.457 e. The first-order chi connectivity index (χ1) is 32.1. The van der Waals surface area contributed by atoms with E-state index < -0.39 is 53.7 Å². The maximum Gasteiger partial charge on any atom is 0.347 e. The highest BCUT2D eigenvalue weighted by Gasteiger charge is 2.35. The molecular formula is C52H28O16. The van der Waals surface area contributed by atoms with Crippen LogP contribution in [0, 0.1) is 0 Å². The molecule has 0 N–H and O–H groups in total. The van der Waals surface area contributed by atoms with E-state index in [0.29, 0.717) is 78.8 Å². The van der Waals surface area contributed by atoms with E-state index in [1.807, 2.05) is 0 Å². The summed E-state index contributed by atoms with van der Waals surface area (Å²) in [6.45, 7) is 11.0. The van der Waals surface area contributed by atoms with E-state index in [9.17, 15) is 43.2 Å². The van der Waals surface area contributed by atoms with Crippen LogP contribution in [-0.4, -0.2) is 53.7 Å². The molecule has 6 aromatic rings. The summed E-state index contributed by atoms with van der Waals surface area (Å²) in [5, 5.41) is 0. The van der Waals surface area contributed by atoms with Crippen molar-refractivity contribution in [2.75, 3.05) is 0 Å². The molecule has 0 aliphatic carbocycles. The first-order valence-electron chi connectivity index (χ1n) is 19.7. The van der Waals surface area contributed by atoms with Gasteiger partial charge in [0.2, 0.25) is 0 Å². The highest BCUT2D eigenvalue weighted by molar-refractivity contribution is 6.19. The molecule has 6 aliphatic heterocycles. The summed E-state index contributed by atoms with van der Waals surface area (Å²) in [6.07, 6.45) is 0. The number of esters is 9. The maximum absolute atomic E-state index is 11.9. The molecule has 6 aliphatic rings. The van der Waals surface area contributed by atoms with Crippen molar-refractivity contribution in [1.82, 2.24) is 0 Å². The Kier molecular flexibility index (Phi) is 10.4. The zero-order valence-electron chi connectivity index (χ0n) is 34.0. The third kappa shape index (κ3) is 7.29. The number of rotatable bonds is 4. The van der Waals surface area contributed by atoms with E-state index in [1.165, 1.54) is 24.3 Å². The normalized spacial score (nSPS) is 15.1. The number of hydrogen-bond donors (Lipinski definition) is 0. The summed E-state index contributed by atoms with van der Waals surface area (Å²) in [5.74, 6) is -3.74. The van der Waals surface area contributed by atoms with E-state index in [2.05, 4.69) is 33.9 Å². The number of ether oxygens (including phenoxy) is 7. The molecule has 16 heteroatoms. The van der Waals surface area contributed by atoms with Crippen molar-refractivity contribution in [3.05, 3.63) is 196 Å². The lowest BCUT2D eigenvalue weighted by atomic mass is 9.94. The van der Waals surface area contributed by atoms with Gasteiger partial charge in [0.1, 0.15) is 28.8 Å². The first-order valence-corrected chi connectivity index (χ1v) is 19.7. The summed E-state index contributed by atoms with van der Waals surface area (Å²) in [4.78, 5) is 105. The fourth-order valence-corrected chi connectivity index (χ4v) is 7.83. The van der Waals surface area contributed by atoms with Crippen LogP contribution in [0.3, 0.4) is 0 Å². The molecular weight excluding hydrogens is 881 g/mol. The standard InChI is InChI=1S/C17H8O6.2C17H8O5.CH4/c1-8-11-4-2-9(6-13(11)16(19)21-8)22-10-3-5-12-14(7-10)17(20)23-15(12)18;1-8-11-4-2-9(6-13(11)16(19)21-8)10-3-5-12-14(7-10)17(20)22-15(12)18;1-8-10-6-5-9(7-13(10)16(19)21-8)11-3-2-4-12-14(11)17(20)22-15(12)18;/h2-7H,1H2;2*2-7H,1H2;1H4. The molecule has 0 unspecified atom stereocenters. The van der Waals surface area contributed by atoms with Crippen molar-refractivity contribution in [3.8, 4) is 33.8 Å². The number of carbonyl (C=O) groups is 9. The molecule has 16 nitrogen and oxygen atoms in total. The van der Waals surface area contributed by atoms with Crippen LogP contribution in [-0.2, 0) is 28.4 Å². The molecule has 0 aromatic heterocycles. The average Bonchev–Trinajstić information content (AvgIpc) is 4.11. The Hall–Kier alpha value is -9.83. The number of fused-ring (bicyclic) bond motifs is 6. The van der Waals surface area contributed by atoms with Gasteiger partial charge in [0, 0.05) is 16.7 Å². The smallest absolute Gasteiger partial charge is 0.347 e. The summed E-state index contributed by atoms with van der Waals surface area (Å²) < 4.78 is 34.2. The van der Waals surface area contributed by atoms with Gasteiger partial charge in [0.15, 0.2) is 0 Å². The zero-order valence-corrected chi connectivity index (χ0v) is 34.0. The Morgan fingerprint density at radius 1 is 0.294 bits per heavy atom. The minimum absolute atomic E-state index is 0. The van der Waals surface area contributed by atoms with Gasteiger partial charge in [-0.05, 0) is 101 Å². The molecule has 0 saturated carbocycles. The number of benzene rings is 6. The van der Waals surface area contributed by atoms with Crippen LogP contribution in [0.4, 0.5) is 0 Å². The van der Waals surface area contributed by atoms with Gasteiger partial charge in [-0.2, -0.15) is 0 Å². The van der Waals surface area contributed by atoms with Gasteiger partial charge >= 0.3 is 53.7 Å². The van der Waals surface area contributed by atoms with Gasteiger partial charge in [-0.15, -0.1) is 0 Å². The second-order valence-electron chi connectivity index (χ2n) is 15.0. The van der Waals surface area contributed by atoms with E-state index in [4.69, 9.17) is 18.9 Å². The van der Waals surface area contributed by atoms with E-state index in [1.54, 1.807) is 84.9 Å². The van der Waals surface area contributed by atoms with Crippen molar-refractivity contribution in [2.24, 2.45) is 0 Å². The van der Waals surface area contributed by atoms with Gasteiger partial charge in [0.05, 0.1) is 50.1 Å². The molecule has 0 fully saturated rings. The lowest BCUT2D eigenvalue weighted by molar-refractivity contribution is 0.0425. The summed E-state index contributed by atoms with van der Waals surface area (Å²) in [5.41, 5.74) is 7.00. The van der Waals surface area contributed by atoms with Crippen LogP contribution in [0.1, 0.15) is 117 Å². The number of carbonyl (C=O) groups excluding carboxylic acids is 9. The minimum Gasteiger partial charge on any atom is -0.457 e. The van der Waals surface area contributed by atoms with Crippen LogP contribution >= 0.6 is 0 Å². The molecule has 12 rings (SSSR count). The Bertz CT molecular complexity index is 3300. The van der Waals surface area contributed by atoms with Crippen LogP contribution in [0.25, 0.3) is 39.5 Å². The molecule has 0 atom stereocenters. The summed E-state index contributed by atoms with van der Waals surface area (Å²) in [7, 11) is 0. The molecule has 0 spiro atoms. The monoisotopic (exact) mass is 908 g/mol. The second-order valence-corrected chi connectivity index (χ2v) is 15.0. The van der Waals surface area contributed by atoms with Crippen molar-refractivity contribution in [2.45, 2.75) is 7.43 Å². The minimum atomic E-state index is -0.704. The Morgan fingerprint density at radius 3 is 1.13 bits per heavy atom. The van der Waals surface area contributed by atoms with Gasteiger partial charge in [-0.25, -0.2) is 43.2 Å². The summed E-state index contributed by atoms with van der Waals surface area (Å²) in [6, 6.07) is 29.3. The number of hydrogen-bond acceptors (Lipinski definition) is 16. The SMILES string of the molecule is C.C=C1OC(=O)c2cc(-c3ccc4c(c3)C(=O)OC4=O)ccc21.C=C1OC(=O)c2cc(-c3cccc4c3C(=O)OC4=O)ccc21.C=C1OC(=O)c2cc(Oc3ccc4c(c3)C(=O)OC4=O)ccc21. The molecule has 332 valence electrons. The topological polar surface area (TPSA) is 218 Å². The van der Waals surface area contributed by atoms with E-state index >= 15 is 0 Å². The predicted molar refractivity (Wildman–Crippen MR) is 236 cm³/mol. The van der Waals surface area contributed by atoms with Gasteiger partial charge in [-0.3, -0.25) is 0 Å². The average molecular weight is 909 g/mol. The van der Waals surface area contributed by atoms with Crippen LogP contribution in [0.15, 0.2) is 129 Å². The molecule has 6 aromatic carbocycles. The lowest BCUT2D eigenvalue weighted by Gasteiger charge is -2.07. The highest BCUT2D eigenvalue weighted by atomic mass is 16.6. The zero-order chi connectivity index (χ0) is 47.0. The molecule has 0 bridgehead atoms. The van der Waals surface area contributed by atoms with Crippen molar-refractivity contribution < 1.29 is 76.3 Å². The Morgan fingerprint density at radius 2 is 0.618 bits per heavy atom. The quantitative estimate of drug-likeness (QED) is 0.0914. The third-order valence-electron chi connectivity index (χ3n) is 11.1. The first kappa shape index (κ1) is 43.4. The third-order valence-corrected chi connectivity index (χ3v) is 11.1. The van der Waals surface area contributed by atoms with Gasteiger partial charge < -0.3 is 33.2 Å². The molecule has 0 saturated heterocycles. The number of cyclic esters (lactones) is 9. The van der Waals surface area contributed by atoms with Gasteiger partial charge in [0.25, 0.3) is 0 Å². The predicted octanol–water partition coefficient (Wildman–Crippen LogP) is 9.18. The van der Waals surface area contributed by atoms with Crippen molar-refractivity contribution >= 4 is 71.0 Å². The van der Waals surface area contributed by atoms with Crippen molar-refractivity contribution in [3.63, 3.8) is 0 Å². The highest BCUT2D eigenvalue weighted by Crippen LogP contribution is 2.38.